The average Bonchev–Trinajstić information content (AvgIpc) is 3.13. The van der Waals surface area contributed by atoms with Gasteiger partial charge in [-0.1, -0.05) is 29.0 Å². The number of aromatic nitrogens is 3. The lowest BCUT2D eigenvalue weighted by Crippen LogP contribution is -2.33. The average molecular weight is 354 g/mol. The Hall–Kier alpha value is -2.64. The highest BCUT2D eigenvalue weighted by Crippen LogP contribution is 2.29. The molecule has 1 amide bonds. The Morgan fingerprint density at radius 3 is 2.68 bits per heavy atom. The van der Waals surface area contributed by atoms with Gasteiger partial charge in [-0.15, -0.1) is 10.2 Å². The first-order valence-electron chi connectivity index (χ1n) is 7.80. The van der Waals surface area contributed by atoms with E-state index in [1.54, 1.807) is 24.4 Å². The number of anilines is 1. The molecule has 7 heteroatoms. The topological polar surface area (TPSA) is 68.2 Å². The molecule has 0 saturated carbocycles. The van der Waals surface area contributed by atoms with Crippen molar-refractivity contribution < 1.29 is 9.53 Å². The Labute approximate surface area is 150 Å². The molecule has 0 aliphatic carbocycles. The molecule has 0 fully saturated rings. The first kappa shape index (κ1) is 17.2. The van der Waals surface area contributed by atoms with Gasteiger partial charge in [0.2, 0.25) is 5.13 Å². The van der Waals surface area contributed by atoms with Crippen LogP contribution in [0.3, 0.4) is 0 Å². The van der Waals surface area contributed by atoms with Gasteiger partial charge in [0.15, 0.2) is 5.01 Å². The first-order chi connectivity index (χ1) is 12.2. The molecule has 3 rings (SSSR count). The minimum absolute atomic E-state index is 0.120. The number of hydrogen-bond donors (Lipinski definition) is 0. The van der Waals surface area contributed by atoms with Crippen molar-refractivity contribution in [3.63, 3.8) is 0 Å². The number of carbonyl (C=O) groups excluding carboxylic acids is 1. The Morgan fingerprint density at radius 1 is 1.20 bits per heavy atom. The van der Waals surface area contributed by atoms with E-state index >= 15 is 0 Å². The lowest BCUT2D eigenvalue weighted by Gasteiger charge is -2.19. The summed E-state index contributed by atoms with van der Waals surface area (Å²) >= 11 is 1.36. The van der Waals surface area contributed by atoms with Crippen LogP contribution < -0.4 is 4.90 Å². The molecule has 0 aliphatic rings. The maximum absolute atomic E-state index is 12.9. The number of pyridine rings is 1. The summed E-state index contributed by atoms with van der Waals surface area (Å²) < 4.78 is 5.14. The fourth-order valence-corrected chi connectivity index (χ4v) is 3.11. The smallest absolute Gasteiger partial charge is 0.260 e. The standard InChI is InChI=1S/C18H18N4O2S/c1-13-5-7-14(8-6-13)17(23)22(10-11-24-2)18-21-20-16(25-18)15-4-3-9-19-12-15/h3-9,12H,10-11H2,1-2H3. The Bertz CT molecular complexity index is 834. The Kier molecular flexibility index (Phi) is 5.47. The summed E-state index contributed by atoms with van der Waals surface area (Å²) in [4.78, 5) is 18.6. The van der Waals surface area contributed by atoms with Crippen LogP contribution in [0.4, 0.5) is 5.13 Å². The van der Waals surface area contributed by atoms with E-state index in [-0.39, 0.29) is 5.91 Å². The van der Waals surface area contributed by atoms with Crippen molar-refractivity contribution in [1.29, 1.82) is 0 Å². The number of ether oxygens (including phenoxy) is 1. The van der Waals surface area contributed by atoms with Crippen LogP contribution in [0.5, 0.6) is 0 Å². The van der Waals surface area contributed by atoms with E-state index in [9.17, 15) is 4.79 Å². The molecule has 0 aliphatic heterocycles. The molecule has 2 aromatic heterocycles. The molecule has 2 heterocycles. The van der Waals surface area contributed by atoms with Crippen molar-refractivity contribution >= 4 is 22.4 Å². The number of aryl methyl sites for hydroxylation is 1. The molecular formula is C18H18N4O2S. The van der Waals surface area contributed by atoms with Gasteiger partial charge < -0.3 is 4.74 Å². The molecule has 6 nitrogen and oxygen atoms in total. The molecule has 0 atom stereocenters. The van der Waals surface area contributed by atoms with Crippen molar-refractivity contribution in [2.75, 3.05) is 25.2 Å². The van der Waals surface area contributed by atoms with E-state index in [1.807, 2.05) is 43.3 Å². The minimum Gasteiger partial charge on any atom is -0.383 e. The van der Waals surface area contributed by atoms with Gasteiger partial charge in [0, 0.05) is 30.6 Å². The van der Waals surface area contributed by atoms with Crippen LogP contribution in [0.25, 0.3) is 10.6 Å². The van der Waals surface area contributed by atoms with Crippen molar-refractivity contribution in [3.05, 3.63) is 59.9 Å². The second kappa shape index (κ2) is 7.96. The number of benzene rings is 1. The maximum Gasteiger partial charge on any atom is 0.260 e. The molecule has 128 valence electrons. The summed E-state index contributed by atoms with van der Waals surface area (Å²) in [5, 5.41) is 9.67. The van der Waals surface area contributed by atoms with E-state index < -0.39 is 0 Å². The quantitative estimate of drug-likeness (QED) is 0.680. The van der Waals surface area contributed by atoms with Crippen molar-refractivity contribution in [3.8, 4) is 10.6 Å². The highest BCUT2D eigenvalue weighted by molar-refractivity contribution is 7.18. The van der Waals surface area contributed by atoms with Gasteiger partial charge in [-0.25, -0.2) is 0 Å². The van der Waals surface area contributed by atoms with E-state index in [4.69, 9.17) is 4.74 Å². The van der Waals surface area contributed by atoms with E-state index in [2.05, 4.69) is 15.2 Å². The van der Waals surface area contributed by atoms with Gasteiger partial charge >= 0.3 is 0 Å². The van der Waals surface area contributed by atoms with Crippen LogP contribution >= 0.6 is 11.3 Å². The Morgan fingerprint density at radius 2 is 2.00 bits per heavy atom. The van der Waals surface area contributed by atoms with Gasteiger partial charge in [0.25, 0.3) is 5.91 Å². The molecule has 0 unspecified atom stereocenters. The fraction of sp³-hybridized carbons (Fsp3) is 0.222. The van der Waals surface area contributed by atoms with Crippen LogP contribution in [0.15, 0.2) is 48.8 Å². The lowest BCUT2D eigenvalue weighted by molar-refractivity contribution is 0.0975. The van der Waals surface area contributed by atoms with Gasteiger partial charge in [0.1, 0.15) is 0 Å². The third-order valence-electron chi connectivity index (χ3n) is 3.62. The lowest BCUT2D eigenvalue weighted by atomic mass is 10.1. The molecular weight excluding hydrogens is 336 g/mol. The largest absolute Gasteiger partial charge is 0.383 e. The van der Waals surface area contributed by atoms with Crippen molar-refractivity contribution in [1.82, 2.24) is 15.2 Å². The normalized spacial score (nSPS) is 10.6. The minimum atomic E-state index is -0.120. The molecule has 0 N–H and O–H groups in total. The van der Waals surface area contributed by atoms with Gasteiger partial charge in [0.05, 0.1) is 13.2 Å². The highest BCUT2D eigenvalue weighted by Gasteiger charge is 2.21. The summed E-state index contributed by atoms with van der Waals surface area (Å²) in [5.74, 6) is -0.120. The number of carbonyl (C=O) groups is 1. The molecule has 0 bridgehead atoms. The van der Waals surface area contributed by atoms with Crippen LogP contribution in [0, 0.1) is 6.92 Å². The maximum atomic E-state index is 12.9. The number of methoxy groups -OCH3 is 1. The van der Waals surface area contributed by atoms with Crippen molar-refractivity contribution in [2.45, 2.75) is 6.92 Å². The summed E-state index contributed by atoms with van der Waals surface area (Å²) in [7, 11) is 1.61. The zero-order valence-electron chi connectivity index (χ0n) is 14.0. The molecule has 0 saturated heterocycles. The predicted octanol–water partition coefficient (Wildman–Crippen LogP) is 3.20. The van der Waals surface area contributed by atoms with Crippen LogP contribution in [0.2, 0.25) is 0 Å². The molecule has 0 radical (unpaired) electrons. The zero-order chi connectivity index (χ0) is 17.6. The number of nitrogens with zero attached hydrogens (tertiary/aromatic N) is 4. The van der Waals surface area contributed by atoms with E-state index in [0.717, 1.165) is 16.1 Å². The number of amides is 1. The highest BCUT2D eigenvalue weighted by atomic mass is 32.1. The zero-order valence-corrected chi connectivity index (χ0v) is 14.9. The van der Waals surface area contributed by atoms with Gasteiger partial charge in [-0.05, 0) is 31.2 Å². The SMILES string of the molecule is COCCN(C(=O)c1ccc(C)cc1)c1nnc(-c2cccnc2)s1. The van der Waals surface area contributed by atoms with Crippen LogP contribution in [0.1, 0.15) is 15.9 Å². The first-order valence-corrected chi connectivity index (χ1v) is 8.62. The fourth-order valence-electron chi connectivity index (χ4n) is 2.25. The molecule has 3 aromatic rings. The molecule has 25 heavy (non-hydrogen) atoms. The predicted molar refractivity (Wildman–Crippen MR) is 97.9 cm³/mol. The summed E-state index contributed by atoms with van der Waals surface area (Å²) in [5.41, 5.74) is 2.59. The van der Waals surface area contributed by atoms with Gasteiger partial charge in [-0.3, -0.25) is 14.7 Å². The van der Waals surface area contributed by atoms with Crippen LogP contribution in [-0.2, 0) is 4.74 Å². The van der Waals surface area contributed by atoms with Crippen molar-refractivity contribution in [2.24, 2.45) is 0 Å². The number of hydrogen-bond acceptors (Lipinski definition) is 6. The number of rotatable bonds is 6. The van der Waals surface area contributed by atoms with E-state index in [1.165, 1.54) is 11.3 Å². The second-order valence-electron chi connectivity index (χ2n) is 5.45. The summed E-state index contributed by atoms with van der Waals surface area (Å²) in [6.45, 7) is 2.81. The van der Waals surface area contributed by atoms with Gasteiger partial charge in [-0.2, -0.15) is 0 Å². The Balaban J connectivity index is 1.89. The monoisotopic (exact) mass is 354 g/mol. The molecule has 1 aromatic carbocycles. The van der Waals surface area contributed by atoms with Crippen LogP contribution in [-0.4, -0.2) is 41.3 Å². The second-order valence-corrected chi connectivity index (χ2v) is 6.40. The summed E-state index contributed by atoms with van der Waals surface area (Å²) in [6, 6.07) is 11.2. The third kappa shape index (κ3) is 4.07. The summed E-state index contributed by atoms with van der Waals surface area (Å²) in [6.07, 6.45) is 3.43. The van der Waals surface area contributed by atoms with E-state index in [0.29, 0.717) is 23.8 Å². The third-order valence-corrected chi connectivity index (χ3v) is 4.61. The molecule has 0 spiro atoms.